The summed E-state index contributed by atoms with van der Waals surface area (Å²) in [7, 11) is 0. The van der Waals surface area contributed by atoms with E-state index >= 15 is 0 Å². The average Bonchev–Trinajstić information content (AvgIpc) is 2.58. The monoisotopic (exact) mass is 309 g/mol. The Balaban J connectivity index is 1.76. The van der Waals surface area contributed by atoms with Crippen LogP contribution in [0.4, 0.5) is 0 Å². The molecule has 0 saturated carbocycles. The number of ether oxygens (including phenoxy) is 2. The minimum Gasteiger partial charge on any atom is -0.379 e. The van der Waals surface area contributed by atoms with E-state index in [0.717, 1.165) is 77.8 Å². The van der Waals surface area contributed by atoms with Gasteiger partial charge in [-0.15, -0.1) is 0 Å². The molecule has 0 amide bonds. The lowest BCUT2D eigenvalue weighted by atomic mass is 9.93. The smallest absolute Gasteiger partial charge is 0.0635 e. The van der Waals surface area contributed by atoms with E-state index in [1.807, 2.05) is 0 Å². The fraction of sp³-hybridized carbons (Fsp3) is 0.941. The molecule has 2 fully saturated rings. The lowest BCUT2D eigenvalue weighted by Gasteiger charge is -2.34. The van der Waals surface area contributed by atoms with Gasteiger partial charge >= 0.3 is 0 Å². The van der Waals surface area contributed by atoms with Crippen LogP contribution in [0.3, 0.4) is 0 Å². The second kappa shape index (κ2) is 10.2. The largest absolute Gasteiger partial charge is 0.379 e. The van der Waals surface area contributed by atoms with E-state index in [-0.39, 0.29) is 0 Å². The maximum Gasteiger partial charge on any atom is 0.0635 e. The van der Waals surface area contributed by atoms with Crippen LogP contribution in [0.1, 0.15) is 32.6 Å². The highest BCUT2D eigenvalue weighted by Gasteiger charge is 2.23. The first kappa shape index (κ1) is 17.7. The molecule has 0 spiro atoms. The van der Waals surface area contributed by atoms with Gasteiger partial charge in [0, 0.05) is 52.3 Å². The van der Waals surface area contributed by atoms with E-state index in [2.05, 4.69) is 22.8 Å². The zero-order valence-corrected chi connectivity index (χ0v) is 14.0. The first-order chi connectivity index (χ1) is 10.8. The summed E-state index contributed by atoms with van der Waals surface area (Å²) in [6.45, 7) is 11.1. The van der Waals surface area contributed by atoms with Crippen LogP contribution in [-0.4, -0.2) is 75.0 Å². The predicted molar refractivity (Wildman–Crippen MR) is 86.7 cm³/mol. The maximum atomic E-state index is 8.89. The van der Waals surface area contributed by atoms with Gasteiger partial charge in [-0.2, -0.15) is 5.26 Å². The number of nitrogens with zero attached hydrogens (tertiary/aromatic N) is 3. The summed E-state index contributed by atoms with van der Waals surface area (Å²) in [4.78, 5) is 4.96. The van der Waals surface area contributed by atoms with Crippen LogP contribution in [0.25, 0.3) is 0 Å². The van der Waals surface area contributed by atoms with Crippen LogP contribution in [0, 0.1) is 17.2 Å². The Morgan fingerprint density at radius 3 is 2.77 bits per heavy atom. The predicted octanol–water partition coefficient (Wildman–Crippen LogP) is 1.74. The highest BCUT2D eigenvalue weighted by atomic mass is 16.5. The molecule has 2 aliphatic heterocycles. The second-order valence-electron chi connectivity index (χ2n) is 6.45. The van der Waals surface area contributed by atoms with Gasteiger partial charge in [-0.05, 0) is 25.2 Å². The van der Waals surface area contributed by atoms with Crippen molar-refractivity contribution in [1.29, 1.82) is 5.26 Å². The molecule has 0 N–H and O–H groups in total. The molecule has 2 aliphatic rings. The van der Waals surface area contributed by atoms with Crippen LogP contribution < -0.4 is 0 Å². The minimum absolute atomic E-state index is 0.441. The molecule has 2 rings (SSSR count). The van der Waals surface area contributed by atoms with Crippen LogP contribution in [0.5, 0.6) is 0 Å². The molecule has 0 aromatic rings. The molecule has 0 aromatic heterocycles. The molecule has 0 aliphatic carbocycles. The molecule has 0 aromatic carbocycles. The Hall–Kier alpha value is -0.670. The number of hydrogen-bond donors (Lipinski definition) is 0. The standard InChI is InChI=1S/C17H31N3O2/c1-2-17-14-16(4-11-22-17)15-20(6-3-5-18)8-7-19-9-12-21-13-10-19/h16-17H,2-4,6-15H2,1H3/t16-,17-/m1/s1. The van der Waals surface area contributed by atoms with E-state index in [0.29, 0.717) is 12.5 Å². The number of hydrogen-bond acceptors (Lipinski definition) is 5. The van der Waals surface area contributed by atoms with Crippen molar-refractivity contribution in [2.24, 2.45) is 5.92 Å². The van der Waals surface area contributed by atoms with Gasteiger partial charge in [0.15, 0.2) is 0 Å². The van der Waals surface area contributed by atoms with Crippen molar-refractivity contribution in [2.75, 3.05) is 59.1 Å². The van der Waals surface area contributed by atoms with E-state index in [1.54, 1.807) is 0 Å². The Morgan fingerprint density at radius 2 is 2.05 bits per heavy atom. The van der Waals surface area contributed by atoms with Gasteiger partial charge < -0.3 is 14.4 Å². The lowest BCUT2D eigenvalue weighted by molar-refractivity contribution is -0.0190. The number of nitriles is 1. The van der Waals surface area contributed by atoms with Crippen LogP contribution in [0.15, 0.2) is 0 Å². The van der Waals surface area contributed by atoms with E-state index in [4.69, 9.17) is 14.7 Å². The van der Waals surface area contributed by atoms with E-state index in [9.17, 15) is 0 Å². The molecule has 2 saturated heterocycles. The Kier molecular flexibility index (Phi) is 8.17. The van der Waals surface area contributed by atoms with Crippen molar-refractivity contribution in [3.8, 4) is 6.07 Å². The van der Waals surface area contributed by atoms with Gasteiger partial charge in [0.25, 0.3) is 0 Å². The molecule has 2 atom stereocenters. The van der Waals surface area contributed by atoms with Crippen LogP contribution in [0.2, 0.25) is 0 Å². The first-order valence-corrected chi connectivity index (χ1v) is 8.82. The zero-order chi connectivity index (χ0) is 15.6. The summed E-state index contributed by atoms with van der Waals surface area (Å²) < 4.78 is 11.2. The molecule has 0 bridgehead atoms. The van der Waals surface area contributed by atoms with Gasteiger partial charge in [-0.3, -0.25) is 4.90 Å². The fourth-order valence-electron chi connectivity index (χ4n) is 3.38. The van der Waals surface area contributed by atoms with Crippen molar-refractivity contribution in [3.63, 3.8) is 0 Å². The Bertz CT molecular complexity index is 339. The second-order valence-corrected chi connectivity index (χ2v) is 6.45. The van der Waals surface area contributed by atoms with Gasteiger partial charge in [-0.1, -0.05) is 6.92 Å². The molecule has 126 valence electrons. The van der Waals surface area contributed by atoms with Crippen molar-refractivity contribution in [2.45, 2.75) is 38.7 Å². The molecule has 0 radical (unpaired) electrons. The van der Waals surface area contributed by atoms with Crippen molar-refractivity contribution < 1.29 is 9.47 Å². The van der Waals surface area contributed by atoms with Gasteiger partial charge in [0.05, 0.1) is 25.4 Å². The minimum atomic E-state index is 0.441. The summed E-state index contributed by atoms with van der Waals surface area (Å²) in [6.07, 6.45) is 4.52. The highest BCUT2D eigenvalue weighted by molar-refractivity contribution is 4.78. The Labute approximate surface area is 135 Å². The maximum absolute atomic E-state index is 8.89. The van der Waals surface area contributed by atoms with Crippen molar-refractivity contribution >= 4 is 0 Å². The molecular formula is C17H31N3O2. The molecule has 0 unspecified atom stereocenters. The summed E-state index contributed by atoms with van der Waals surface area (Å²) in [5.74, 6) is 0.724. The molecular weight excluding hydrogens is 278 g/mol. The average molecular weight is 309 g/mol. The summed E-state index contributed by atoms with van der Waals surface area (Å²) in [5.41, 5.74) is 0. The molecule has 22 heavy (non-hydrogen) atoms. The lowest BCUT2D eigenvalue weighted by Crippen LogP contribution is -2.43. The summed E-state index contributed by atoms with van der Waals surface area (Å²) in [6, 6.07) is 2.29. The molecule has 5 nitrogen and oxygen atoms in total. The Morgan fingerprint density at radius 1 is 1.23 bits per heavy atom. The summed E-state index contributed by atoms with van der Waals surface area (Å²) >= 11 is 0. The van der Waals surface area contributed by atoms with Crippen LogP contribution in [-0.2, 0) is 9.47 Å². The molecule has 2 heterocycles. The fourth-order valence-corrected chi connectivity index (χ4v) is 3.38. The third-order valence-corrected chi connectivity index (χ3v) is 4.82. The SMILES string of the molecule is CC[C@@H]1C[C@H](CN(CCC#N)CCN2CCOCC2)CCO1. The third-order valence-electron chi connectivity index (χ3n) is 4.82. The van der Waals surface area contributed by atoms with Gasteiger partial charge in [0.1, 0.15) is 0 Å². The molecule has 5 heteroatoms. The quantitative estimate of drug-likeness (QED) is 0.683. The van der Waals surface area contributed by atoms with Gasteiger partial charge in [0.2, 0.25) is 0 Å². The normalized spacial score (nSPS) is 27.0. The highest BCUT2D eigenvalue weighted by Crippen LogP contribution is 2.23. The summed E-state index contributed by atoms with van der Waals surface area (Å²) in [5, 5.41) is 8.89. The number of rotatable bonds is 8. The van der Waals surface area contributed by atoms with E-state index in [1.165, 1.54) is 6.42 Å². The zero-order valence-electron chi connectivity index (χ0n) is 14.0. The topological polar surface area (TPSA) is 48.7 Å². The van der Waals surface area contributed by atoms with Crippen molar-refractivity contribution in [1.82, 2.24) is 9.80 Å². The van der Waals surface area contributed by atoms with Crippen molar-refractivity contribution in [3.05, 3.63) is 0 Å². The van der Waals surface area contributed by atoms with Crippen LogP contribution >= 0.6 is 0 Å². The third kappa shape index (κ3) is 6.21. The first-order valence-electron chi connectivity index (χ1n) is 8.82. The van der Waals surface area contributed by atoms with E-state index < -0.39 is 0 Å². The van der Waals surface area contributed by atoms with Gasteiger partial charge in [-0.25, -0.2) is 0 Å². The number of morpholine rings is 1.